The maximum absolute atomic E-state index is 12.6. The first-order valence-electron chi connectivity index (χ1n) is 8.92. The van der Waals surface area contributed by atoms with E-state index in [0.29, 0.717) is 32.6 Å². The largest absolute Gasteiger partial charge is 0.381 e. The molecule has 1 aliphatic heterocycles. The molecule has 0 bridgehead atoms. The van der Waals surface area contributed by atoms with Gasteiger partial charge >= 0.3 is 0 Å². The number of carbonyl (C=O) groups is 1. The summed E-state index contributed by atoms with van der Waals surface area (Å²) >= 11 is 1.91. The van der Waals surface area contributed by atoms with Gasteiger partial charge < -0.3 is 15.8 Å². The van der Waals surface area contributed by atoms with E-state index in [9.17, 15) is 4.79 Å². The molecular formula is C19H28N2O2S. The minimum Gasteiger partial charge on any atom is -0.381 e. The second-order valence-electron chi connectivity index (χ2n) is 7.26. The van der Waals surface area contributed by atoms with Crippen LogP contribution in [0.5, 0.6) is 0 Å². The number of amides is 1. The Morgan fingerprint density at radius 1 is 1.17 bits per heavy atom. The van der Waals surface area contributed by atoms with E-state index in [0.717, 1.165) is 12.8 Å². The Morgan fingerprint density at radius 2 is 1.79 bits per heavy atom. The van der Waals surface area contributed by atoms with Gasteiger partial charge in [-0.05, 0) is 44.7 Å². The van der Waals surface area contributed by atoms with Crippen LogP contribution in [0.4, 0.5) is 0 Å². The summed E-state index contributed by atoms with van der Waals surface area (Å²) in [4.78, 5) is 13.9. The smallest absolute Gasteiger partial charge is 0.240 e. The summed E-state index contributed by atoms with van der Waals surface area (Å²) in [6.07, 6.45) is 5.97. The van der Waals surface area contributed by atoms with Crippen molar-refractivity contribution in [1.29, 1.82) is 0 Å². The Kier molecular flexibility index (Phi) is 5.52. The first-order valence-corrected chi connectivity index (χ1v) is 9.74. The fourth-order valence-corrected chi connectivity index (χ4v) is 4.98. The van der Waals surface area contributed by atoms with Crippen molar-refractivity contribution in [2.45, 2.75) is 60.6 Å². The molecule has 0 radical (unpaired) electrons. The topological polar surface area (TPSA) is 64.4 Å². The molecule has 1 saturated carbocycles. The van der Waals surface area contributed by atoms with Crippen LogP contribution in [-0.2, 0) is 9.53 Å². The number of thioether (sulfide) groups is 1. The molecule has 3 N–H and O–H groups in total. The summed E-state index contributed by atoms with van der Waals surface area (Å²) in [6, 6.07) is 8.68. The van der Waals surface area contributed by atoms with Gasteiger partial charge in [0.2, 0.25) is 5.91 Å². The standard InChI is InChI=1S/C19H28N2O2S/c1-15-4-6-16(7-5-15)24-18(8-2-3-9-18)14-21-17(22)19(20)10-12-23-13-11-19/h4-7H,2-3,8-14,20H2,1H3,(H,21,22). The van der Waals surface area contributed by atoms with E-state index < -0.39 is 5.54 Å². The van der Waals surface area contributed by atoms with Gasteiger partial charge in [-0.15, -0.1) is 11.8 Å². The van der Waals surface area contributed by atoms with Crippen LogP contribution in [0.3, 0.4) is 0 Å². The van der Waals surface area contributed by atoms with Crippen molar-refractivity contribution in [3.63, 3.8) is 0 Å². The van der Waals surface area contributed by atoms with Crippen LogP contribution in [0, 0.1) is 6.92 Å². The maximum atomic E-state index is 12.6. The highest BCUT2D eigenvalue weighted by Crippen LogP contribution is 2.45. The highest BCUT2D eigenvalue weighted by molar-refractivity contribution is 8.00. The van der Waals surface area contributed by atoms with Gasteiger partial charge in [0.05, 0.1) is 5.54 Å². The van der Waals surface area contributed by atoms with Crippen molar-refractivity contribution in [1.82, 2.24) is 5.32 Å². The lowest BCUT2D eigenvalue weighted by atomic mass is 9.90. The Morgan fingerprint density at radius 3 is 2.42 bits per heavy atom. The molecule has 1 heterocycles. The number of hydrogen-bond acceptors (Lipinski definition) is 4. The Balaban J connectivity index is 1.63. The van der Waals surface area contributed by atoms with Gasteiger partial charge in [0.25, 0.3) is 0 Å². The average Bonchev–Trinajstić information content (AvgIpc) is 3.04. The molecule has 5 heteroatoms. The van der Waals surface area contributed by atoms with Crippen LogP contribution in [0.2, 0.25) is 0 Å². The van der Waals surface area contributed by atoms with Crippen molar-refractivity contribution >= 4 is 17.7 Å². The number of carbonyl (C=O) groups excluding carboxylic acids is 1. The molecule has 4 nitrogen and oxygen atoms in total. The molecule has 1 saturated heterocycles. The lowest BCUT2D eigenvalue weighted by Gasteiger charge is -2.34. The molecule has 1 aliphatic carbocycles. The fraction of sp³-hybridized carbons (Fsp3) is 0.632. The van der Waals surface area contributed by atoms with Crippen LogP contribution in [0.15, 0.2) is 29.2 Å². The van der Waals surface area contributed by atoms with Crippen molar-refractivity contribution in [3.05, 3.63) is 29.8 Å². The quantitative estimate of drug-likeness (QED) is 0.858. The van der Waals surface area contributed by atoms with Gasteiger partial charge in [0.1, 0.15) is 0 Å². The molecule has 24 heavy (non-hydrogen) atoms. The van der Waals surface area contributed by atoms with Gasteiger partial charge in [-0.3, -0.25) is 4.79 Å². The summed E-state index contributed by atoms with van der Waals surface area (Å²) in [6.45, 7) is 3.96. The molecule has 0 aromatic heterocycles. The third kappa shape index (κ3) is 4.13. The van der Waals surface area contributed by atoms with Crippen LogP contribution >= 0.6 is 11.8 Å². The van der Waals surface area contributed by atoms with Crippen molar-refractivity contribution in [3.8, 4) is 0 Å². The molecule has 2 fully saturated rings. The van der Waals surface area contributed by atoms with Gasteiger partial charge in [-0.2, -0.15) is 0 Å². The zero-order valence-electron chi connectivity index (χ0n) is 14.5. The van der Waals surface area contributed by atoms with Gasteiger partial charge in [0.15, 0.2) is 0 Å². The van der Waals surface area contributed by atoms with Gasteiger partial charge in [-0.25, -0.2) is 0 Å². The van der Waals surface area contributed by atoms with Crippen LogP contribution in [0.1, 0.15) is 44.1 Å². The summed E-state index contributed by atoms with van der Waals surface area (Å²) in [5, 5.41) is 3.17. The number of ether oxygens (including phenoxy) is 1. The summed E-state index contributed by atoms with van der Waals surface area (Å²) in [5.41, 5.74) is 6.82. The monoisotopic (exact) mass is 348 g/mol. The molecule has 2 aliphatic rings. The van der Waals surface area contributed by atoms with Crippen molar-refractivity contribution in [2.75, 3.05) is 19.8 Å². The Bertz CT molecular complexity index is 561. The van der Waals surface area contributed by atoms with E-state index in [1.807, 2.05) is 11.8 Å². The predicted molar refractivity (Wildman–Crippen MR) is 98.2 cm³/mol. The second-order valence-corrected chi connectivity index (χ2v) is 8.80. The molecule has 1 amide bonds. The first-order chi connectivity index (χ1) is 11.5. The van der Waals surface area contributed by atoms with Crippen molar-refractivity contribution < 1.29 is 9.53 Å². The van der Waals surface area contributed by atoms with Crippen molar-refractivity contribution in [2.24, 2.45) is 5.73 Å². The van der Waals surface area contributed by atoms with E-state index >= 15 is 0 Å². The first kappa shape index (κ1) is 17.8. The molecule has 1 aromatic carbocycles. The van der Waals surface area contributed by atoms with E-state index in [4.69, 9.17) is 10.5 Å². The Labute approximate surface area is 148 Å². The van der Waals surface area contributed by atoms with E-state index in [1.165, 1.54) is 23.3 Å². The van der Waals surface area contributed by atoms with E-state index in [-0.39, 0.29) is 10.7 Å². The molecular weight excluding hydrogens is 320 g/mol. The fourth-order valence-electron chi connectivity index (χ4n) is 3.57. The van der Waals surface area contributed by atoms with Gasteiger partial charge in [0, 0.05) is 29.4 Å². The maximum Gasteiger partial charge on any atom is 0.240 e. The number of nitrogens with two attached hydrogens (primary N) is 1. The number of rotatable bonds is 5. The molecule has 0 unspecified atom stereocenters. The third-order valence-corrected chi connectivity index (χ3v) is 6.77. The predicted octanol–water partition coefficient (Wildman–Crippen LogP) is 3.02. The minimum atomic E-state index is -0.757. The summed E-state index contributed by atoms with van der Waals surface area (Å²) in [7, 11) is 0. The average molecular weight is 349 g/mol. The van der Waals surface area contributed by atoms with Crippen LogP contribution in [0.25, 0.3) is 0 Å². The lowest BCUT2D eigenvalue weighted by Crippen LogP contribution is -2.58. The third-order valence-electron chi connectivity index (χ3n) is 5.28. The molecule has 3 rings (SSSR count). The zero-order chi connectivity index (χ0) is 17.0. The minimum absolute atomic E-state index is 0.0124. The second kappa shape index (κ2) is 7.46. The zero-order valence-corrected chi connectivity index (χ0v) is 15.3. The SMILES string of the molecule is Cc1ccc(SC2(CNC(=O)C3(N)CCOCC3)CCCC2)cc1. The summed E-state index contributed by atoms with van der Waals surface area (Å²) < 4.78 is 5.44. The Hall–Kier alpha value is -1.04. The van der Waals surface area contributed by atoms with Crippen LogP contribution < -0.4 is 11.1 Å². The normalized spacial score (nSPS) is 22.2. The molecule has 0 spiro atoms. The van der Waals surface area contributed by atoms with E-state index in [1.54, 1.807) is 0 Å². The van der Waals surface area contributed by atoms with E-state index in [2.05, 4.69) is 36.5 Å². The molecule has 0 atom stereocenters. The molecule has 132 valence electrons. The van der Waals surface area contributed by atoms with Gasteiger partial charge in [-0.1, -0.05) is 30.5 Å². The molecule has 1 aromatic rings. The lowest BCUT2D eigenvalue weighted by molar-refractivity contribution is -0.129. The number of benzene rings is 1. The number of nitrogens with one attached hydrogen (secondary N) is 1. The highest BCUT2D eigenvalue weighted by atomic mass is 32.2. The summed E-state index contributed by atoms with van der Waals surface area (Å²) in [5.74, 6) is -0.0124. The highest BCUT2D eigenvalue weighted by Gasteiger charge is 2.39. The number of aryl methyl sites for hydroxylation is 1. The number of hydrogen-bond donors (Lipinski definition) is 2. The van der Waals surface area contributed by atoms with Crippen LogP contribution in [-0.4, -0.2) is 36.0 Å².